The average molecular weight is 237 g/mol. The molecule has 3 rings (SSSR count). The summed E-state index contributed by atoms with van der Waals surface area (Å²) in [7, 11) is 2.19. The van der Waals surface area contributed by atoms with Crippen molar-refractivity contribution in [2.24, 2.45) is 0 Å². The van der Waals surface area contributed by atoms with Gasteiger partial charge in [0.2, 0.25) is 0 Å². The molecular formula is C13H23N3O. The minimum atomic E-state index is 0.491. The van der Waals surface area contributed by atoms with E-state index in [9.17, 15) is 4.79 Å². The molecule has 0 amide bonds. The summed E-state index contributed by atoms with van der Waals surface area (Å²) in [5.74, 6) is 0.491. The molecule has 96 valence electrons. The molecule has 0 spiro atoms. The highest BCUT2D eigenvalue weighted by Gasteiger charge is 2.40. The second-order valence-electron chi connectivity index (χ2n) is 5.82. The second kappa shape index (κ2) is 4.67. The molecule has 4 heteroatoms. The molecule has 3 fully saturated rings. The summed E-state index contributed by atoms with van der Waals surface area (Å²) in [5.41, 5.74) is 0. The lowest BCUT2D eigenvalue weighted by Crippen LogP contribution is -2.63. The van der Waals surface area contributed by atoms with Gasteiger partial charge in [-0.15, -0.1) is 0 Å². The van der Waals surface area contributed by atoms with Crippen LogP contribution >= 0.6 is 0 Å². The molecule has 0 saturated carbocycles. The van der Waals surface area contributed by atoms with E-state index < -0.39 is 0 Å². The summed E-state index contributed by atoms with van der Waals surface area (Å²) in [5, 5.41) is 5.11. The first-order chi connectivity index (χ1) is 8.24. The van der Waals surface area contributed by atoms with Gasteiger partial charge in [0, 0.05) is 51.1 Å². The number of carbonyl (C=O) groups excluding carboxylic acids is 1. The fourth-order valence-electron chi connectivity index (χ4n) is 3.64. The van der Waals surface area contributed by atoms with Crippen LogP contribution in [0.2, 0.25) is 0 Å². The minimum Gasteiger partial charge on any atom is -0.304 e. The van der Waals surface area contributed by atoms with Gasteiger partial charge in [-0.25, -0.2) is 10.0 Å². The molecule has 0 aliphatic carbocycles. The number of piperazine rings is 1. The second-order valence-corrected chi connectivity index (χ2v) is 5.82. The SMILES string of the molecule is CN1CCN(N2C3CCCC2CC(=O)C3)CC1. The summed E-state index contributed by atoms with van der Waals surface area (Å²) >= 11 is 0. The van der Waals surface area contributed by atoms with Crippen molar-refractivity contribution >= 4 is 5.78 Å². The van der Waals surface area contributed by atoms with E-state index >= 15 is 0 Å². The van der Waals surface area contributed by atoms with Crippen LogP contribution in [0.5, 0.6) is 0 Å². The van der Waals surface area contributed by atoms with Crippen LogP contribution in [0.3, 0.4) is 0 Å². The summed E-state index contributed by atoms with van der Waals surface area (Å²) < 4.78 is 0. The monoisotopic (exact) mass is 237 g/mol. The number of ketones is 1. The number of piperidine rings is 2. The van der Waals surface area contributed by atoms with Crippen molar-refractivity contribution in [1.29, 1.82) is 0 Å². The van der Waals surface area contributed by atoms with Crippen molar-refractivity contribution in [3.63, 3.8) is 0 Å². The first-order valence-corrected chi connectivity index (χ1v) is 6.97. The zero-order valence-corrected chi connectivity index (χ0v) is 10.8. The number of Topliss-reactive ketones (excluding diaryl/α,β-unsaturated/α-hetero) is 1. The van der Waals surface area contributed by atoms with Crippen molar-refractivity contribution < 1.29 is 4.79 Å². The molecule has 0 N–H and O–H groups in total. The summed E-state index contributed by atoms with van der Waals surface area (Å²) in [6, 6.07) is 1.02. The highest BCUT2D eigenvalue weighted by Crippen LogP contribution is 2.33. The Hall–Kier alpha value is -0.450. The Balaban J connectivity index is 1.71. The molecule has 0 aromatic rings. The third-order valence-corrected chi connectivity index (χ3v) is 4.56. The number of likely N-dealkylation sites (N-methyl/N-ethyl adjacent to an activating group) is 1. The number of carbonyl (C=O) groups is 1. The lowest BCUT2D eigenvalue weighted by Gasteiger charge is -2.52. The molecule has 3 aliphatic rings. The van der Waals surface area contributed by atoms with E-state index in [0.717, 1.165) is 39.0 Å². The Morgan fingerprint density at radius 2 is 1.59 bits per heavy atom. The maximum Gasteiger partial charge on any atom is 0.136 e. The number of hydrogen-bond donors (Lipinski definition) is 0. The average Bonchev–Trinajstić information content (AvgIpc) is 2.29. The van der Waals surface area contributed by atoms with Crippen LogP contribution in [-0.2, 0) is 4.79 Å². The molecule has 0 aromatic heterocycles. The normalized spacial score (nSPS) is 37.4. The van der Waals surface area contributed by atoms with Crippen molar-refractivity contribution in [3.8, 4) is 0 Å². The van der Waals surface area contributed by atoms with E-state index in [2.05, 4.69) is 22.0 Å². The molecule has 2 unspecified atom stereocenters. The summed E-state index contributed by atoms with van der Waals surface area (Å²) in [6.45, 7) is 4.59. The van der Waals surface area contributed by atoms with Crippen LogP contribution < -0.4 is 0 Å². The topological polar surface area (TPSA) is 26.8 Å². The van der Waals surface area contributed by atoms with E-state index in [1.807, 2.05) is 0 Å². The van der Waals surface area contributed by atoms with Gasteiger partial charge >= 0.3 is 0 Å². The van der Waals surface area contributed by atoms with Crippen LogP contribution in [0.25, 0.3) is 0 Å². The molecule has 17 heavy (non-hydrogen) atoms. The third-order valence-electron chi connectivity index (χ3n) is 4.56. The number of nitrogens with zero attached hydrogens (tertiary/aromatic N) is 3. The molecule has 0 radical (unpaired) electrons. The Kier molecular flexibility index (Phi) is 3.19. The highest BCUT2D eigenvalue weighted by molar-refractivity contribution is 5.80. The predicted octanol–water partition coefficient (Wildman–Crippen LogP) is 0.735. The van der Waals surface area contributed by atoms with Gasteiger partial charge in [0.1, 0.15) is 5.78 Å². The van der Waals surface area contributed by atoms with Gasteiger partial charge in [0.25, 0.3) is 0 Å². The van der Waals surface area contributed by atoms with Gasteiger partial charge in [0.05, 0.1) is 0 Å². The van der Waals surface area contributed by atoms with Crippen LogP contribution in [0, 0.1) is 0 Å². The smallest absolute Gasteiger partial charge is 0.136 e. The van der Waals surface area contributed by atoms with Crippen molar-refractivity contribution in [2.75, 3.05) is 33.2 Å². The number of fused-ring (bicyclic) bond motifs is 2. The lowest BCUT2D eigenvalue weighted by molar-refractivity contribution is -0.160. The van der Waals surface area contributed by atoms with Gasteiger partial charge in [-0.05, 0) is 19.9 Å². The van der Waals surface area contributed by atoms with E-state index in [4.69, 9.17) is 0 Å². The fraction of sp³-hybridized carbons (Fsp3) is 0.923. The highest BCUT2D eigenvalue weighted by atomic mass is 16.1. The fourth-order valence-corrected chi connectivity index (χ4v) is 3.64. The summed E-state index contributed by atoms with van der Waals surface area (Å²) in [4.78, 5) is 14.1. The standard InChI is InChI=1S/C13H23N3O/c1-14-5-7-15(8-6-14)16-11-3-2-4-12(16)10-13(17)9-11/h11-12H,2-10H2,1H3. The molecule has 2 atom stereocenters. The van der Waals surface area contributed by atoms with Crippen LogP contribution in [0.1, 0.15) is 32.1 Å². The Morgan fingerprint density at radius 1 is 1.00 bits per heavy atom. The predicted molar refractivity (Wildman–Crippen MR) is 66.6 cm³/mol. The van der Waals surface area contributed by atoms with Crippen molar-refractivity contribution in [1.82, 2.24) is 14.9 Å². The van der Waals surface area contributed by atoms with Crippen LogP contribution in [0.4, 0.5) is 0 Å². The van der Waals surface area contributed by atoms with Gasteiger partial charge < -0.3 is 4.90 Å². The maximum atomic E-state index is 11.7. The molecule has 4 nitrogen and oxygen atoms in total. The first-order valence-electron chi connectivity index (χ1n) is 6.97. The van der Waals surface area contributed by atoms with Crippen LogP contribution in [-0.4, -0.2) is 66.0 Å². The Labute approximate surface area is 104 Å². The van der Waals surface area contributed by atoms with Crippen molar-refractivity contribution in [2.45, 2.75) is 44.2 Å². The van der Waals surface area contributed by atoms with Gasteiger partial charge in [-0.2, -0.15) is 0 Å². The zero-order chi connectivity index (χ0) is 11.8. The first kappa shape index (κ1) is 11.6. The largest absolute Gasteiger partial charge is 0.304 e. The van der Waals surface area contributed by atoms with E-state index in [0.29, 0.717) is 17.9 Å². The molecule has 0 aromatic carbocycles. The molecule has 2 bridgehead atoms. The number of rotatable bonds is 1. The number of hydrazine groups is 1. The molecule has 3 saturated heterocycles. The van der Waals surface area contributed by atoms with E-state index in [1.54, 1.807) is 0 Å². The van der Waals surface area contributed by atoms with Crippen LogP contribution in [0.15, 0.2) is 0 Å². The Bertz CT molecular complexity index is 283. The molecular weight excluding hydrogens is 214 g/mol. The van der Waals surface area contributed by atoms with Gasteiger partial charge in [-0.3, -0.25) is 4.79 Å². The Morgan fingerprint density at radius 3 is 2.18 bits per heavy atom. The number of hydrogen-bond acceptors (Lipinski definition) is 4. The van der Waals surface area contributed by atoms with E-state index in [-0.39, 0.29) is 0 Å². The quantitative estimate of drug-likeness (QED) is 0.672. The third kappa shape index (κ3) is 2.26. The molecule has 3 heterocycles. The van der Waals surface area contributed by atoms with Gasteiger partial charge in [-0.1, -0.05) is 6.42 Å². The zero-order valence-electron chi connectivity index (χ0n) is 10.8. The lowest BCUT2D eigenvalue weighted by atomic mass is 9.85. The summed E-state index contributed by atoms with van der Waals surface area (Å²) in [6.07, 6.45) is 5.34. The van der Waals surface area contributed by atoms with E-state index in [1.165, 1.54) is 19.3 Å². The minimum absolute atomic E-state index is 0.491. The van der Waals surface area contributed by atoms with Crippen molar-refractivity contribution in [3.05, 3.63) is 0 Å². The van der Waals surface area contributed by atoms with Gasteiger partial charge in [0.15, 0.2) is 0 Å². The molecule has 3 aliphatic heterocycles. The maximum absolute atomic E-state index is 11.7.